The molecule has 0 amide bonds. The van der Waals surface area contributed by atoms with Crippen molar-refractivity contribution < 1.29 is 53.2 Å². The fourth-order valence-corrected chi connectivity index (χ4v) is 8.64. The molecule has 0 unspecified atom stereocenters. The van der Waals surface area contributed by atoms with Crippen molar-refractivity contribution in [2.24, 2.45) is 0 Å². The van der Waals surface area contributed by atoms with Crippen LogP contribution in [0, 0.1) is 6.92 Å². The summed E-state index contributed by atoms with van der Waals surface area (Å²) in [5.41, 5.74) is 5.75. The number of hydrogen-bond acceptors (Lipinski definition) is 9. The first-order chi connectivity index (χ1) is 28.5. The minimum atomic E-state index is -4.73. The van der Waals surface area contributed by atoms with Gasteiger partial charge in [0.05, 0.1) is 16.9 Å². The summed E-state index contributed by atoms with van der Waals surface area (Å²) in [5.74, 6) is -0.244. The standard InChI is InChI=1S/C45H34O12S3/c1-28-40(29-9-5-3-6-10-29)42(31-15-22-36(23-16-31)58(47,48)49)45(43(41(28)30-11-7-4-8-12-30)32-17-24-37(25-18-32)59(50,51)52)57-35-20-13-33(14-21-35)44(46)34-19-26-38(56-2)39(27-34)60(53,54)55/h3-27H,1-2H3,(H,47,48,49)(H,50,51,52)(H,53,54,55). The van der Waals surface area contributed by atoms with Gasteiger partial charge in [-0.3, -0.25) is 18.5 Å². The lowest BCUT2D eigenvalue weighted by Gasteiger charge is -2.26. The van der Waals surface area contributed by atoms with Gasteiger partial charge in [-0.25, -0.2) is 0 Å². The van der Waals surface area contributed by atoms with Gasteiger partial charge < -0.3 is 9.47 Å². The van der Waals surface area contributed by atoms with E-state index in [9.17, 15) is 43.7 Å². The molecule has 0 spiro atoms. The molecule has 0 saturated carbocycles. The summed E-state index contributed by atoms with van der Waals surface area (Å²) in [6, 6.07) is 39.6. The molecule has 0 heterocycles. The smallest absolute Gasteiger partial charge is 0.298 e. The average molecular weight is 863 g/mol. The molecule has 7 aromatic rings. The van der Waals surface area contributed by atoms with E-state index >= 15 is 0 Å². The molecular weight excluding hydrogens is 829 g/mol. The molecule has 0 bridgehead atoms. The molecule has 60 heavy (non-hydrogen) atoms. The fraction of sp³-hybridized carbons (Fsp3) is 0.0444. The van der Waals surface area contributed by atoms with Crippen LogP contribution >= 0.6 is 0 Å². The van der Waals surface area contributed by atoms with Crippen molar-refractivity contribution in [3.05, 3.63) is 168 Å². The van der Waals surface area contributed by atoms with Crippen LogP contribution in [-0.2, 0) is 30.4 Å². The van der Waals surface area contributed by atoms with Gasteiger partial charge in [-0.1, -0.05) is 84.9 Å². The molecule has 12 nitrogen and oxygen atoms in total. The van der Waals surface area contributed by atoms with Crippen LogP contribution in [0.3, 0.4) is 0 Å². The molecule has 0 fully saturated rings. The Labute approximate surface area is 346 Å². The minimum absolute atomic E-state index is 0.0399. The van der Waals surface area contributed by atoms with Crippen LogP contribution in [0.25, 0.3) is 44.5 Å². The molecule has 0 saturated heterocycles. The molecule has 7 rings (SSSR count). The average Bonchev–Trinajstić information content (AvgIpc) is 3.23. The number of benzene rings is 7. The van der Waals surface area contributed by atoms with Gasteiger partial charge in [0.25, 0.3) is 30.4 Å². The van der Waals surface area contributed by atoms with Crippen LogP contribution in [0.5, 0.6) is 17.2 Å². The van der Waals surface area contributed by atoms with Crippen LogP contribution in [0.4, 0.5) is 0 Å². The van der Waals surface area contributed by atoms with Crippen molar-refractivity contribution in [1.82, 2.24) is 0 Å². The van der Waals surface area contributed by atoms with Crippen molar-refractivity contribution in [3.8, 4) is 61.8 Å². The van der Waals surface area contributed by atoms with Crippen molar-refractivity contribution in [1.29, 1.82) is 0 Å². The van der Waals surface area contributed by atoms with Crippen LogP contribution in [0.2, 0.25) is 0 Å². The highest BCUT2D eigenvalue weighted by Gasteiger charge is 2.28. The monoisotopic (exact) mass is 862 g/mol. The van der Waals surface area contributed by atoms with Gasteiger partial charge in [-0.2, -0.15) is 25.3 Å². The highest BCUT2D eigenvalue weighted by atomic mass is 32.2. The van der Waals surface area contributed by atoms with Gasteiger partial charge in [-0.15, -0.1) is 0 Å². The zero-order chi connectivity index (χ0) is 43.0. The molecule has 0 aliphatic rings. The molecule has 0 aliphatic heterocycles. The summed E-state index contributed by atoms with van der Waals surface area (Å²) in [4.78, 5) is 12.4. The predicted octanol–water partition coefficient (Wildman–Crippen LogP) is 9.44. The summed E-state index contributed by atoms with van der Waals surface area (Å²) in [6.45, 7) is 1.92. The third-order valence-corrected chi connectivity index (χ3v) is 12.4. The van der Waals surface area contributed by atoms with Crippen molar-refractivity contribution >= 4 is 36.1 Å². The quantitative estimate of drug-likeness (QED) is 0.0778. The Bertz CT molecular complexity index is 2960. The molecule has 0 radical (unpaired) electrons. The van der Waals surface area contributed by atoms with E-state index in [-0.39, 0.29) is 38.2 Å². The Hall–Kier alpha value is -6.46. The summed E-state index contributed by atoms with van der Waals surface area (Å²) >= 11 is 0. The number of carbonyl (C=O) groups is 1. The molecular formula is C45H34O12S3. The number of ketones is 1. The maximum atomic E-state index is 13.6. The zero-order valence-corrected chi connectivity index (χ0v) is 34.1. The van der Waals surface area contributed by atoms with Gasteiger partial charge in [0, 0.05) is 22.3 Å². The van der Waals surface area contributed by atoms with Crippen molar-refractivity contribution in [2.75, 3.05) is 7.11 Å². The van der Waals surface area contributed by atoms with E-state index < -0.39 is 41.0 Å². The lowest BCUT2D eigenvalue weighted by Crippen LogP contribution is -2.06. The van der Waals surface area contributed by atoms with Crippen LogP contribution in [0.1, 0.15) is 21.5 Å². The normalized spacial score (nSPS) is 11.9. The van der Waals surface area contributed by atoms with Gasteiger partial charge in [0.2, 0.25) is 0 Å². The third-order valence-electron chi connectivity index (χ3n) is 9.75. The fourth-order valence-electron chi connectivity index (χ4n) is 7.00. The zero-order valence-electron chi connectivity index (χ0n) is 31.7. The Morgan fingerprint density at radius 3 is 1.30 bits per heavy atom. The Balaban J connectivity index is 1.51. The minimum Gasteiger partial charge on any atom is -0.495 e. The first kappa shape index (κ1) is 41.7. The summed E-state index contributed by atoms with van der Waals surface area (Å²) in [7, 11) is -12.6. The SMILES string of the molecule is COc1ccc(C(=O)c2ccc(Oc3c(-c4ccc(S(=O)(=O)O)cc4)c(-c4ccccc4)c(C)c(-c4ccccc4)c3-c3ccc(S(=O)(=O)O)cc3)cc2)cc1S(=O)(=O)O. The largest absolute Gasteiger partial charge is 0.495 e. The lowest BCUT2D eigenvalue weighted by molar-refractivity contribution is 0.103. The van der Waals surface area contributed by atoms with Gasteiger partial charge >= 0.3 is 0 Å². The Kier molecular flexibility index (Phi) is 11.3. The summed E-state index contributed by atoms with van der Waals surface area (Å²) in [6.07, 6.45) is 0. The second kappa shape index (κ2) is 16.3. The maximum absolute atomic E-state index is 13.6. The van der Waals surface area contributed by atoms with Crippen molar-refractivity contribution in [3.63, 3.8) is 0 Å². The van der Waals surface area contributed by atoms with Gasteiger partial charge in [0.15, 0.2) is 5.78 Å². The van der Waals surface area contributed by atoms with E-state index in [1.54, 1.807) is 0 Å². The van der Waals surface area contributed by atoms with Crippen LogP contribution in [0.15, 0.2) is 166 Å². The second-order valence-corrected chi connectivity index (χ2v) is 17.7. The maximum Gasteiger partial charge on any atom is 0.298 e. The summed E-state index contributed by atoms with van der Waals surface area (Å²) in [5, 5.41) is 0. The molecule has 0 aliphatic carbocycles. The number of rotatable bonds is 12. The predicted molar refractivity (Wildman–Crippen MR) is 225 cm³/mol. The third kappa shape index (κ3) is 8.49. The van der Waals surface area contributed by atoms with E-state index in [1.165, 1.54) is 92.0 Å². The first-order valence-electron chi connectivity index (χ1n) is 17.9. The molecule has 7 aromatic carbocycles. The molecule has 15 heteroatoms. The summed E-state index contributed by atoms with van der Waals surface area (Å²) < 4.78 is 114. The molecule has 0 aromatic heterocycles. The van der Waals surface area contributed by atoms with Gasteiger partial charge in [-0.05, 0) is 113 Å². The van der Waals surface area contributed by atoms with Crippen molar-refractivity contribution in [2.45, 2.75) is 21.6 Å². The number of methoxy groups -OCH3 is 1. The van der Waals surface area contributed by atoms with E-state index in [1.807, 2.05) is 67.6 Å². The molecule has 3 N–H and O–H groups in total. The Morgan fingerprint density at radius 1 is 0.483 bits per heavy atom. The van der Waals surface area contributed by atoms with E-state index in [0.717, 1.165) is 22.8 Å². The second-order valence-electron chi connectivity index (χ2n) is 13.5. The molecule has 304 valence electrons. The lowest BCUT2D eigenvalue weighted by atomic mass is 9.80. The number of carbonyl (C=O) groups excluding carboxylic acids is 1. The van der Waals surface area contributed by atoms with Crippen LogP contribution in [-0.4, -0.2) is 51.8 Å². The highest BCUT2D eigenvalue weighted by Crippen LogP contribution is 2.54. The highest BCUT2D eigenvalue weighted by molar-refractivity contribution is 7.86. The Morgan fingerprint density at radius 2 is 0.900 bits per heavy atom. The van der Waals surface area contributed by atoms with E-state index in [2.05, 4.69) is 0 Å². The number of ether oxygens (including phenoxy) is 2. The first-order valence-corrected chi connectivity index (χ1v) is 22.2. The van der Waals surface area contributed by atoms with E-state index in [0.29, 0.717) is 33.4 Å². The molecule has 0 atom stereocenters. The topological polar surface area (TPSA) is 199 Å². The van der Waals surface area contributed by atoms with Gasteiger partial charge in [0.1, 0.15) is 22.1 Å². The van der Waals surface area contributed by atoms with Crippen LogP contribution < -0.4 is 9.47 Å². The number of hydrogen-bond donors (Lipinski definition) is 3. The van der Waals surface area contributed by atoms with E-state index in [4.69, 9.17) is 9.47 Å².